The third-order valence-electron chi connectivity index (χ3n) is 2.84. The number of nitrogens with zero attached hydrogens (tertiary/aromatic N) is 2. The van der Waals surface area contributed by atoms with Crippen molar-refractivity contribution in [1.29, 1.82) is 0 Å². The van der Waals surface area contributed by atoms with Crippen LogP contribution in [0.4, 0.5) is 0 Å². The van der Waals surface area contributed by atoms with E-state index in [1.165, 1.54) is 0 Å². The average molecular weight is 218 g/mol. The van der Waals surface area contributed by atoms with Crippen LogP contribution in [-0.4, -0.2) is 15.8 Å². The second-order valence-electron chi connectivity index (χ2n) is 5.56. The molecule has 1 aliphatic rings. The Bertz CT molecular complexity index is 403. The summed E-state index contributed by atoms with van der Waals surface area (Å²) in [6.07, 6.45) is 6.05. The largest absolute Gasteiger partial charge is 0.299 e. The van der Waals surface area contributed by atoms with E-state index >= 15 is 0 Å². The Balaban J connectivity index is 2.12. The molecule has 0 aromatic carbocycles. The number of hydrogen-bond donors (Lipinski definition) is 0. The van der Waals surface area contributed by atoms with Gasteiger partial charge in [0.05, 0.1) is 17.8 Å². The smallest absolute Gasteiger partial charge is 0.141 e. The summed E-state index contributed by atoms with van der Waals surface area (Å²) in [5.41, 5.74) is 1.75. The third kappa shape index (κ3) is 2.65. The molecule has 0 unspecified atom stereocenters. The first-order valence-electron chi connectivity index (χ1n) is 5.81. The number of ketones is 1. The zero-order valence-electron chi connectivity index (χ0n) is 10.2. The highest BCUT2D eigenvalue weighted by atomic mass is 16.1. The molecular formula is C13H18N2O. The number of rotatable bonds is 3. The van der Waals surface area contributed by atoms with Crippen molar-refractivity contribution in [2.24, 2.45) is 5.92 Å². The van der Waals surface area contributed by atoms with Crippen LogP contribution in [0, 0.1) is 5.92 Å². The molecule has 0 aliphatic heterocycles. The molecule has 1 aliphatic carbocycles. The lowest BCUT2D eigenvalue weighted by Gasteiger charge is -2.17. The fourth-order valence-corrected chi connectivity index (χ4v) is 1.58. The maximum Gasteiger partial charge on any atom is 0.141 e. The topological polar surface area (TPSA) is 42.9 Å². The number of carbonyl (C=O) groups excluding carboxylic acids is 1. The van der Waals surface area contributed by atoms with Crippen LogP contribution in [-0.2, 0) is 16.6 Å². The summed E-state index contributed by atoms with van der Waals surface area (Å²) in [6.45, 7) is 6.30. The summed E-state index contributed by atoms with van der Waals surface area (Å²) in [5, 5.41) is 0. The van der Waals surface area contributed by atoms with Crippen molar-refractivity contribution < 1.29 is 4.79 Å². The normalized spacial score (nSPS) is 16.2. The van der Waals surface area contributed by atoms with Gasteiger partial charge in [0.2, 0.25) is 0 Å². The lowest BCUT2D eigenvalue weighted by atomic mass is 9.92. The van der Waals surface area contributed by atoms with Crippen molar-refractivity contribution in [2.75, 3.05) is 0 Å². The van der Waals surface area contributed by atoms with Gasteiger partial charge in [0.15, 0.2) is 0 Å². The van der Waals surface area contributed by atoms with E-state index in [4.69, 9.17) is 0 Å². The molecule has 0 bridgehead atoms. The molecule has 1 fully saturated rings. The van der Waals surface area contributed by atoms with Crippen LogP contribution in [0.1, 0.15) is 45.0 Å². The molecule has 0 radical (unpaired) electrons. The minimum atomic E-state index is -0.00830. The van der Waals surface area contributed by atoms with Crippen LogP contribution in [0.5, 0.6) is 0 Å². The fourth-order valence-electron chi connectivity index (χ4n) is 1.58. The SMILES string of the molecule is CC(C)(C)c1cncc(CC(=O)C2CC2)n1. The minimum Gasteiger partial charge on any atom is -0.299 e. The Morgan fingerprint density at radius 1 is 1.38 bits per heavy atom. The molecule has 0 N–H and O–H groups in total. The predicted octanol–water partition coefficient (Wildman–Crippen LogP) is 2.30. The number of hydrogen-bond acceptors (Lipinski definition) is 3. The summed E-state index contributed by atoms with van der Waals surface area (Å²) in [6, 6.07) is 0. The Kier molecular flexibility index (Phi) is 2.78. The van der Waals surface area contributed by atoms with Crippen molar-refractivity contribution >= 4 is 5.78 Å². The van der Waals surface area contributed by atoms with Gasteiger partial charge in [-0.3, -0.25) is 14.8 Å². The Hall–Kier alpha value is -1.25. The number of carbonyl (C=O) groups is 1. The van der Waals surface area contributed by atoms with Crippen molar-refractivity contribution in [2.45, 2.75) is 45.4 Å². The molecule has 16 heavy (non-hydrogen) atoms. The van der Waals surface area contributed by atoms with E-state index in [-0.39, 0.29) is 5.41 Å². The van der Waals surface area contributed by atoms with Gasteiger partial charge in [-0.1, -0.05) is 20.8 Å². The molecule has 0 spiro atoms. The molecule has 3 nitrogen and oxygen atoms in total. The van der Waals surface area contributed by atoms with E-state index in [9.17, 15) is 4.79 Å². The Morgan fingerprint density at radius 3 is 2.62 bits per heavy atom. The monoisotopic (exact) mass is 218 g/mol. The third-order valence-corrected chi connectivity index (χ3v) is 2.84. The van der Waals surface area contributed by atoms with Crippen LogP contribution in [0.25, 0.3) is 0 Å². The van der Waals surface area contributed by atoms with E-state index in [2.05, 4.69) is 30.7 Å². The standard InChI is InChI=1S/C13H18N2O/c1-13(2,3)12-8-14-7-10(15-12)6-11(16)9-4-5-9/h7-9H,4-6H2,1-3H3. The maximum atomic E-state index is 11.7. The van der Waals surface area contributed by atoms with E-state index in [0.717, 1.165) is 24.2 Å². The highest BCUT2D eigenvalue weighted by Crippen LogP contribution is 2.30. The highest BCUT2D eigenvalue weighted by Gasteiger charge is 2.29. The van der Waals surface area contributed by atoms with E-state index in [0.29, 0.717) is 18.1 Å². The first-order chi connectivity index (χ1) is 7.47. The molecule has 1 heterocycles. The molecule has 1 saturated carbocycles. The van der Waals surface area contributed by atoms with Crippen LogP contribution >= 0.6 is 0 Å². The van der Waals surface area contributed by atoms with Crippen molar-refractivity contribution in [3.63, 3.8) is 0 Å². The molecule has 1 aromatic heterocycles. The van der Waals surface area contributed by atoms with E-state index < -0.39 is 0 Å². The van der Waals surface area contributed by atoms with Crippen LogP contribution in [0.15, 0.2) is 12.4 Å². The van der Waals surface area contributed by atoms with Crippen LogP contribution < -0.4 is 0 Å². The number of aromatic nitrogens is 2. The fraction of sp³-hybridized carbons (Fsp3) is 0.615. The molecular weight excluding hydrogens is 200 g/mol. The van der Waals surface area contributed by atoms with Gasteiger partial charge in [-0.25, -0.2) is 0 Å². The van der Waals surface area contributed by atoms with Crippen LogP contribution in [0.2, 0.25) is 0 Å². The second-order valence-corrected chi connectivity index (χ2v) is 5.56. The van der Waals surface area contributed by atoms with Gasteiger partial charge in [0.1, 0.15) is 5.78 Å². The van der Waals surface area contributed by atoms with Gasteiger partial charge >= 0.3 is 0 Å². The van der Waals surface area contributed by atoms with Gasteiger partial charge in [-0.05, 0) is 12.8 Å². The summed E-state index contributed by atoms with van der Waals surface area (Å²) in [4.78, 5) is 20.3. The molecule has 3 heteroatoms. The summed E-state index contributed by atoms with van der Waals surface area (Å²) < 4.78 is 0. The summed E-state index contributed by atoms with van der Waals surface area (Å²) in [5.74, 6) is 0.625. The van der Waals surface area contributed by atoms with Gasteiger partial charge in [-0.2, -0.15) is 0 Å². The van der Waals surface area contributed by atoms with Gasteiger partial charge < -0.3 is 0 Å². The Labute approximate surface area is 96.3 Å². The average Bonchev–Trinajstić information content (AvgIpc) is 2.99. The van der Waals surface area contributed by atoms with E-state index in [1.54, 1.807) is 12.4 Å². The van der Waals surface area contributed by atoms with E-state index in [1.807, 2.05) is 0 Å². The summed E-state index contributed by atoms with van der Waals surface area (Å²) >= 11 is 0. The predicted molar refractivity (Wildman–Crippen MR) is 62.2 cm³/mol. The van der Waals surface area contributed by atoms with Gasteiger partial charge in [0.25, 0.3) is 0 Å². The maximum absolute atomic E-state index is 11.7. The molecule has 0 amide bonds. The zero-order chi connectivity index (χ0) is 11.8. The van der Waals surface area contributed by atoms with Gasteiger partial charge in [0, 0.05) is 23.7 Å². The molecule has 0 saturated heterocycles. The molecule has 2 rings (SSSR count). The Morgan fingerprint density at radius 2 is 2.06 bits per heavy atom. The number of Topliss-reactive ketones (excluding diaryl/α,β-unsaturated/α-hetero) is 1. The second kappa shape index (κ2) is 3.96. The van der Waals surface area contributed by atoms with Crippen molar-refractivity contribution in [3.05, 3.63) is 23.8 Å². The lowest BCUT2D eigenvalue weighted by Crippen LogP contribution is -2.16. The summed E-state index contributed by atoms with van der Waals surface area (Å²) in [7, 11) is 0. The first-order valence-corrected chi connectivity index (χ1v) is 5.81. The molecule has 86 valence electrons. The van der Waals surface area contributed by atoms with Crippen molar-refractivity contribution in [3.8, 4) is 0 Å². The first kappa shape index (κ1) is 11.2. The lowest BCUT2D eigenvalue weighted by molar-refractivity contribution is -0.119. The zero-order valence-corrected chi connectivity index (χ0v) is 10.2. The van der Waals surface area contributed by atoms with Crippen LogP contribution in [0.3, 0.4) is 0 Å². The molecule has 1 aromatic rings. The highest BCUT2D eigenvalue weighted by molar-refractivity contribution is 5.84. The molecule has 0 atom stereocenters. The van der Waals surface area contributed by atoms with Crippen molar-refractivity contribution in [1.82, 2.24) is 9.97 Å². The minimum absolute atomic E-state index is 0.00830. The quantitative estimate of drug-likeness (QED) is 0.781. The van der Waals surface area contributed by atoms with Gasteiger partial charge in [-0.15, -0.1) is 0 Å².